The molecule has 0 radical (unpaired) electrons. The molecule has 0 N–H and O–H groups in total. The number of methoxy groups -OCH3 is 1. The van der Waals surface area contributed by atoms with E-state index in [-0.39, 0.29) is 0 Å². The average Bonchev–Trinajstić information content (AvgIpc) is 2.99. The molecule has 2 aromatic carbocycles. The van der Waals surface area contributed by atoms with Gasteiger partial charge in [-0.1, -0.05) is 36.4 Å². The first-order valence-corrected chi connectivity index (χ1v) is 6.16. The van der Waals surface area contributed by atoms with Crippen molar-refractivity contribution >= 4 is 10.8 Å². The van der Waals surface area contributed by atoms with Gasteiger partial charge in [0.05, 0.1) is 7.11 Å². The maximum absolute atomic E-state index is 5.54. The van der Waals surface area contributed by atoms with Gasteiger partial charge in [0.2, 0.25) is 0 Å². The number of hydrogen-bond acceptors (Lipinski definition) is 1. The van der Waals surface area contributed by atoms with Gasteiger partial charge in [-0.15, -0.1) is 0 Å². The van der Waals surface area contributed by atoms with E-state index in [4.69, 9.17) is 4.74 Å². The Labute approximate surface area is 101 Å². The Kier molecular flexibility index (Phi) is 1.71. The fourth-order valence-electron chi connectivity index (χ4n) is 3.43. The standard InChI is InChI=1S/C16H14O/c1-17-14-4-2-3-10-7-8-13-11-5-6-12(9-11)15(13)16(10)14/h2-8,11-12H,9H2,1H3. The highest BCUT2D eigenvalue weighted by atomic mass is 16.5. The second-order valence-corrected chi connectivity index (χ2v) is 4.96. The Morgan fingerprint density at radius 2 is 1.94 bits per heavy atom. The van der Waals surface area contributed by atoms with Crippen LogP contribution in [-0.2, 0) is 0 Å². The minimum absolute atomic E-state index is 0.606. The van der Waals surface area contributed by atoms with E-state index in [1.807, 2.05) is 0 Å². The average molecular weight is 222 g/mol. The third-order valence-corrected chi connectivity index (χ3v) is 4.16. The summed E-state index contributed by atoms with van der Waals surface area (Å²) >= 11 is 0. The molecule has 0 saturated heterocycles. The van der Waals surface area contributed by atoms with E-state index in [0.29, 0.717) is 11.8 Å². The molecule has 17 heavy (non-hydrogen) atoms. The van der Waals surface area contributed by atoms with Crippen molar-refractivity contribution in [2.45, 2.75) is 18.3 Å². The zero-order valence-electron chi connectivity index (χ0n) is 9.81. The smallest absolute Gasteiger partial charge is 0.126 e. The maximum atomic E-state index is 5.54. The maximum Gasteiger partial charge on any atom is 0.126 e. The van der Waals surface area contributed by atoms with Gasteiger partial charge in [-0.25, -0.2) is 0 Å². The molecule has 4 rings (SSSR count). The first-order chi connectivity index (χ1) is 8.38. The van der Waals surface area contributed by atoms with Gasteiger partial charge in [0.15, 0.2) is 0 Å². The van der Waals surface area contributed by atoms with Crippen molar-refractivity contribution in [1.82, 2.24) is 0 Å². The summed E-state index contributed by atoms with van der Waals surface area (Å²) in [5.41, 5.74) is 3.02. The van der Waals surface area contributed by atoms with Crippen molar-refractivity contribution in [1.29, 1.82) is 0 Å². The van der Waals surface area contributed by atoms with E-state index in [0.717, 1.165) is 5.75 Å². The molecular weight excluding hydrogens is 208 g/mol. The largest absolute Gasteiger partial charge is 0.496 e. The molecule has 2 aromatic rings. The lowest BCUT2D eigenvalue weighted by Crippen LogP contribution is -1.96. The van der Waals surface area contributed by atoms with E-state index >= 15 is 0 Å². The third kappa shape index (κ3) is 1.09. The molecule has 2 aliphatic carbocycles. The van der Waals surface area contributed by atoms with Crippen LogP contribution in [-0.4, -0.2) is 7.11 Å². The van der Waals surface area contributed by atoms with Crippen molar-refractivity contribution in [2.75, 3.05) is 7.11 Å². The lowest BCUT2D eigenvalue weighted by molar-refractivity contribution is 0.419. The molecule has 2 bridgehead atoms. The van der Waals surface area contributed by atoms with Gasteiger partial charge in [0, 0.05) is 17.2 Å². The monoisotopic (exact) mass is 222 g/mol. The van der Waals surface area contributed by atoms with E-state index < -0.39 is 0 Å². The Morgan fingerprint density at radius 1 is 1.06 bits per heavy atom. The van der Waals surface area contributed by atoms with E-state index in [1.54, 1.807) is 7.11 Å². The van der Waals surface area contributed by atoms with Crippen LogP contribution >= 0.6 is 0 Å². The van der Waals surface area contributed by atoms with E-state index in [9.17, 15) is 0 Å². The molecule has 2 unspecified atom stereocenters. The molecule has 0 spiro atoms. The summed E-state index contributed by atoms with van der Waals surface area (Å²) in [6.07, 6.45) is 5.97. The van der Waals surface area contributed by atoms with E-state index in [1.165, 1.54) is 28.3 Å². The van der Waals surface area contributed by atoms with Gasteiger partial charge in [0.25, 0.3) is 0 Å². The van der Waals surface area contributed by atoms with Gasteiger partial charge in [0.1, 0.15) is 5.75 Å². The van der Waals surface area contributed by atoms with Gasteiger partial charge in [-0.05, 0) is 29.0 Å². The SMILES string of the molecule is COc1cccc2ccc3c(c12)C1C=CC3C1. The van der Waals surface area contributed by atoms with Crippen molar-refractivity contribution in [2.24, 2.45) is 0 Å². The van der Waals surface area contributed by atoms with Gasteiger partial charge in [-0.2, -0.15) is 0 Å². The highest BCUT2D eigenvalue weighted by molar-refractivity contribution is 5.94. The van der Waals surface area contributed by atoms with Crippen molar-refractivity contribution in [3.8, 4) is 5.75 Å². The highest BCUT2D eigenvalue weighted by Gasteiger charge is 2.34. The number of rotatable bonds is 1. The van der Waals surface area contributed by atoms with Gasteiger partial charge >= 0.3 is 0 Å². The van der Waals surface area contributed by atoms with Crippen LogP contribution in [0.5, 0.6) is 5.75 Å². The van der Waals surface area contributed by atoms with Crippen molar-refractivity contribution in [3.63, 3.8) is 0 Å². The summed E-state index contributed by atoms with van der Waals surface area (Å²) in [5.74, 6) is 2.26. The molecule has 0 amide bonds. The molecule has 0 saturated carbocycles. The lowest BCUT2D eigenvalue weighted by Gasteiger charge is -2.16. The molecule has 1 nitrogen and oxygen atoms in total. The zero-order valence-corrected chi connectivity index (χ0v) is 9.81. The molecule has 1 heteroatoms. The Balaban J connectivity index is 2.14. The first-order valence-electron chi connectivity index (χ1n) is 6.16. The summed E-state index contributed by atoms with van der Waals surface area (Å²) in [5, 5.41) is 2.62. The number of allylic oxidation sites excluding steroid dienone is 2. The predicted molar refractivity (Wildman–Crippen MR) is 69.7 cm³/mol. The first kappa shape index (κ1) is 9.29. The highest BCUT2D eigenvalue weighted by Crippen LogP contribution is 2.52. The van der Waals surface area contributed by atoms with Crippen molar-refractivity contribution < 1.29 is 4.74 Å². The van der Waals surface area contributed by atoms with Crippen LogP contribution in [0.4, 0.5) is 0 Å². The molecule has 2 atom stereocenters. The van der Waals surface area contributed by atoms with E-state index in [2.05, 4.69) is 42.5 Å². The molecule has 0 aromatic heterocycles. The number of ether oxygens (including phenoxy) is 1. The van der Waals surface area contributed by atoms with Crippen LogP contribution in [0.1, 0.15) is 29.4 Å². The lowest BCUT2D eigenvalue weighted by atomic mass is 9.91. The van der Waals surface area contributed by atoms with Crippen LogP contribution in [0.15, 0.2) is 42.5 Å². The summed E-state index contributed by atoms with van der Waals surface area (Å²) < 4.78 is 5.54. The number of benzene rings is 2. The second kappa shape index (κ2) is 3.13. The van der Waals surface area contributed by atoms with Crippen LogP contribution in [0.3, 0.4) is 0 Å². The normalized spacial score (nSPS) is 24.3. The Morgan fingerprint density at radius 3 is 2.82 bits per heavy atom. The molecule has 0 aliphatic heterocycles. The van der Waals surface area contributed by atoms with Crippen LogP contribution in [0.25, 0.3) is 10.8 Å². The van der Waals surface area contributed by atoms with Crippen LogP contribution in [0.2, 0.25) is 0 Å². The summed E-state index contributed by atoms with van der Waals surface area (Å²) in [6, 6.07) is 10.8. The fourth-order valence-corrected chi connectivity index (χ4v) is 3.43. The molecular formula is C16H14O. The molecule has 0 heterocycles. The molecule has 0 fully saturated rings. The topological polar surface area (TPSA) is 9.23 Å². The Bertz CT molecular complexity index is 639. The van der Waals surface area contributed by atoms with Crippen molar-refractivity contribution in [3.05, 3.63) is 53.6 Å². The summed E-state index contributed by atoms with van der Waals surface area (Å²) in [6.45, 7) is 0. The minimum Gasteiger partial charge on any atom is -0.496 e. The number of hydrogen-bond donors (Lipinski definition) is 0. The second-order valence-electron chi connectivity index (χ2n) is 4.96. The quantitative estimate of drug-likeness (QED) is 0.663. The minimum atomic E-state index is 0.606. The summed E-state index contributed by atoms with van der Waals surface area (Å²) in [7, 11) is 1.76. The van der Waals surface area contributed by atoms with Crippen LogP contribution < -0.4 is 4.74 Å². The van der Waals surface area contributed by atoms with Crippen LogP contribution in [0, 0.1) is 0 Å². The third-order valence-electron chi connectivity index (χ3n) is 4.16. The Hall–Kier alpha value is -1.76. The number of fused-ring (bicyclic) bond motifs is 7. The molecule has 84 valence electrons. The predicted octanol–water partition coefficient (Wildman–Crippen LogP) is 3.99. The fraction of sp³-hybridized carbons (Fsp3) is 0.250. The summed E-state index contributed by atoms with van der Waals surface area (Å²) in [4.78, 5) is 0. The zero-order chi connectivity index (χ0) is 11.4. The van der Waals surface area contributed by atoms with Gasteiger partial charge in [-0.3, -0.25) is 0 Å². The molecule has 2 aliphatic rings. The van der Waals surface area contributed by atoms with Gasteiger partial charge < -0.3 is 4.74 Å².